The molecule has 0 bridgehead atoms. The van der Waals surface area contributed by atoms with Crippen LogP contribution in [0.1, 0.15) is 36.8 Å². The Morgan fingerprint density at radius 1 is 1.36 bits per heavy atom. The number of halogens is 1. The lowest BCUT2D eigenvalue weighted by Gasteiger charge is -1.99. The number of aryl methyl sites for hydroxylation is 1. The predicted octanol–water partition coefficient (Wildman–Crippen LogP) is 3.92. The molecular weight excluding hydrogens is 400 g/mol. The van der Waals surface area contributed by atoms with Gasteiger partial charge in [0.25, 0.3) is 5.91 Å². The van der Waals surface area contributed by atoms with E-state index in [-0.39, 0.29) is 12.3 Å². The smallest absolute Gasteiger partial charge is 0.307 e. The van der Waals surface area contributed by atoms with Crippen molar-refractivity contribution in [2.24, 2.45) is 4.99 Å². The van der Waals surface area contributed by atoms with Crippen LogP contribution in [0.25, 0.3) is 6.08 Å². The van der Waals surface area contributed by atoms with Gasteiger partial charge in [0, 0.05) is 6.42 Å². The number of amidine groups is 1. The number of H-pyrrole nitrogens is 1. The van der Waals surface area contributed by atoms with Crippen molar-refractivity contribution in [1.29, 1.82) is 0 Å². The highest BCUT2D eigenvalue weighted by Gasteiger charge is 2.24. The van der Waals surface area contributed by atoms with E-state index in [2.05, 4.69) is 27.2 Å². The van der Waals surface area contributed by atoms with Gasteiger partial charge in [0.05, 0.1) is 17.0 Å². The molecule has 2 aromatic rings. The zero-order valence-electron chi connectivity index (χ0n) is 15.2. The van der Waals surface area contributed by atoms with E-state index in [0.717, 1.165) is 25.1 Å². The highest BCUT2D eigenvalue weighted by atomic mass is 35.5. The first-order valence-corrected chi connectivity index (χ1v) is 9.98. The van der Waals surface area contributed by atoms with Crippen molar-refractivity contribution in [1.82, 2.24) is 15.3 Å². The largest absolute Gasteiger partial charge is 0.481 e. The topological polar surface area (TPSA) is 107 Å². The number of nitrogens with one attached hydrogen (secondary N) is 2. The molecule has 7 nitrogen and oxygen atoms in total. The Balaban J connectivity index is 1.72. The van der Waals surface area contributed by atoms with Gasteiger partial charge in [-0.15, -0.1) is 0 Å². The van der Waals surface area contributed by atoms with Crippen LogP contribution in [0.2, 0.25) is 5.15 Å². The maximum atomic E-state index is 12.2. The van der Waals surface area contributed by atoms with Crippen molar-refractivity contribution in [2.45, 2.75) is 32.6 Å². The summed E-state index contributed by atoms with van der Waals surface area (Å²) in [5.74, 6) is -0.347. The molecule has 1 amide bonds. The van der Waals surface area contributed by atoms with E-state index >= 15 is 0 Å². The van der Waals surface area contributed by atoms with Crippen LogP contribution < -0.4 is 5.32 Å². The normalized spacial score (nSPS) is 16.7. The van der Waals surface area contributed by atoms with Crippen LogP contribution >= 0.6 is 23.4 Å². The summed E-state index contributed by atoms with van der Waals surface area (Å²) in [4.78, 5) is 35.3. The Labute approximate surface area is 171 Å². The van der Waals surface area contributed by atoms with Crippen LogP contribution in [0.5, 0.6) is 0 Å². The van der Waals surface area contributed by atoms with Crippen molar-refractivity contribution in [3.8, 4) is 0 Å². The Morgan fingerprint density at radius 2 is 2.11 bits per heavy atom. The zero-order valence-corrected chi connectivity index (χ0v) is 16.7. The van der Waals surface area contributed by atoms with Gasteiger partial charge in [-0.25, -0.2) is 9.98 Å². The summed E-state index contributed by atoms with van der Waals surface area (Å²) in [6, 6.07) is 6.83. The van der Waals surface area contributed by atoms with Gasteiger partial charge in [-0.05, 0) is 42.0 Å². The zero-order chi connectivity index (χ0) is 20.1. The van der Waals surface area contributed by atoms with E-state index < -0.39 is 5.97 Å². The number of carboxylic acid groups (broad SMARTS) is 1. The number of unbranched alkanes of at least 4 members (excludes halogenated alkanes) is 1. The number of imidazole rings is 1. The third kappa shape index (κ3) is 5.24. The molecular formula is C19H19ClN4O3S. The van der Waals surface area contributed by atoms with Crippen molar-refractivity contribution >= 4 is 52.2 Å². The Kier molecular flexibility index (Phi) is 6.53. The van der Waals surface area contributed by atoms with E-state index in [4.69, 9.17) is 16.7 Å². The van der Waals surface area contributed by atoms with Crippen LogP contribution in [0, 0.1) is 0 Å². The number of carbonyl (C=O) groups excluding carboxylic acids is 1. The number of rotatable bonds is 7. The molecule has 2 heterocycles. The van der Waals surface area contributed by atoms with Crippen LogP contribution in [0.15, 0.2) is 34.2 Å². The molecule has 3 N–H and O–H groups in total. The van der Waals surface area contributed by atoms with Gasteiger partial charge in [-0.3, -0.25) is 9.59 Å². The van der Waals surface area contributed by atoms with E-state index in [1.807, 2.05) is 0 Å². The first kappa shape index (κ1) is 20.2. The number of carbonyl (C=O) groups is 2. The van der Waals surface area contributed by atoms with Crippen LogP contribution in [-0.4, -0.2) is 32.1 Å². The Hall–Kier alpha value is -2.58. The minimum absolute atomic E-state index is 0.0418. The number of aliphatic imine (C=N–C) groups is 1. The number of hydrogen-bond acceptors (Lipinski definition) is 5. The third-order valence-electron chi connectivity index (χ3n) is 3.94. The molecule has 0 atom stereocenters. The third-order valence-corrected chi connectivity index (χ3v) is 5.14. The summed E-state index contributed by atoms with van der Waals surface area (Å²) in [6.45, 7) is 2.10. The fraction of sp³-hybridized carbons (Fsp3) is 0.263. The van der Waals surface area contributed by atoms with Crippen molar-refractivity contribution < 1.29 is 14.7 Å². The van der Waals surface area contributed by atoms with Gasteiger partial charge in [0.15, 0.2) is 5.17 Å². The minimum atomic E-state index is -0.887. The molecule has 1 aliphatic rings. The highest BCUT2D eigenvalue weighted by molar-refractivity contribution is 8.18. The van der Waals surface area contributed by atoms with Gasteiger partial charge >= 0.3 is 5.97 Å². The summed E-state index contributed by atoms with van der Waals surface area (Å²) in [5.41, 5.74) is 1.84. The molecule has 1 aliphatic heterocycles. The SMILES string of the molecule is CCCCc1nc(/C=C2\SC(=Nc3ccc(CC(=O)O)cc3)NC2=O)c(Cl)[nH]1. The summed E-state index contributed by atoms with van der Waals surface area (Å²) in [5, 5.41) is 12.4. The van der Waals surface area contributed by atoms with Gasteiger partial charge in [-0.1, -0.05) is 37.1 Å². The van der Waals surface area contributed by atoms with Gasteiger partial charge in [-0.2, -0.15) is 0 Å². The molecule has 0 unspecified atom stereocenters. The lowest BCUT2D eigenvalue weighted by molar-refractivity contribution is -0.136. The average molecular weight is 419 g/mol. The molecule has 0 radical (unpaired) electrons. The van der Waals surface area contributed by atoms with Gasteiger partial charge < -0.3 is 15.4 Å². The first-order chi connectivity index (χ1) is 13.4. The van der Waals surface area contributed by atoms with E-state index in [1.165, 1.54) is 11.8 Å². The molecule has 9 heteroatoms. The molecule has 3 rings (SSSR count). The fourth-order valence-electron chi connectivity index (χ4n) is 2.56. The maximum absolute atomic E-state index is 12.2. The summed E-state index contributed by atoms with van der Waals surface area (Å²) >= 11 is 7.39. The fourth-order valence-corrected chi connectivity index (χ4v) is 3.58. The molecule has 0 spiro atoms. The Bertz CT molecular complexity index is 951. The lowest BCUT2D eigenvalue weighted by atomic mass is 10.1. The Morgan fingerprint density at radius 3 is 2.79 bits per heavy atom. The van der Waals surface area contributed by atoms with E-state index in [9.17, 15) is 9.59 Å². The molecule has 0 aliphatic carbocycles. The number of aliphatic carboxylic acids is 1. The quantitative estimate of drug-likeness (QED) is 0.590. The molecule has 1 fully saturated rings. The number of benzene rings is 1. The van der Waals surface area contributed by atoms with Crippen LogP contribution in [-0.2, 0) is 22.4 Å². The molecule has 1 saturated heterocycles. The van der Waals surface area contributed by atoms with Crippen molar-refractivity contribution in [2.75, 3.05) is 0 Å². The number of amides is 1. The average Bonchev–Trinajstić information content (AvgIpc) is 3.17. The standard InChI is InChI=1S/C19H19ClN4O3S/c1-2-3-4-15-22-13(17(20)23-15)10-14-18(27)24-19(28-14)21-12-7-5-11(6-8-12)9-16(25)26/h5-8,10H,2-4,9H2,1H3,(H,22,23)(H,25,26)(H,21,24,27)/b14-10-. The van der Waals surface area contributed by atoms with Gasteiger partial charge in [0.2, 0.25) is 0 Å². The second kappa shape index (κ2) is 9.07. The maximum Gasteiger partial charge on any atom is 0.307 e. The number of aromatic nitrogens is 2. The molecule has 1 aromatic heterocycles. The number of thioether (sulfide) groups is 1. The number of aromatic amines is 1. The van der Waals surface area contributed by atoms with Crippen molar-refractivity contribution in [3.63, 3.8) is 0 Å². The monoisotopic (exact) mass is 418 g/mol. The highest BCUT2D eigenvalue weighted by Crippen LogP contribution is 2.29. The second-order valence-corrected chi connectivity index (χ2v) is 7.61. The minimum Gasteiger partial charge on any atom is -0.481 e. The molecule has 0 saturated carbocycles. The molecule has 146 valence electrons. The number of carboxylic acids is 1. The second-order valence-electron chi connectivity index (χ2n) is 6.20. The van der Waals surface area contributed by atoms with Crippen molar-refractivity contribution in [3.05, 3.63) is 51.4 Å². The summed E-state index contributed by atoms with van der Waals surface area (Å²) < 4.78 is 0. The van der Waals surface area contributed by atoms with E-state index in [0.29, 0.717) is 32.2 Å². The van der Waals surface area contributed by atoms with E-state index in [1.54, 1.807) is 30.3 Å². The number of nitrogens with zero attached hydrogens (tertiary/aromatic N) is 2. The van der Waals surface area contributed by atoms with Crippen LogP contribution in [0.3, 0.4) is 0 Å². The predicted molar refractivity (Wildman–Crippen MR) is 111 cm³/mol. The summed E-state index contributed by atoms with van der Waals surface area (Å²) in [7, 11) is 0. The first-order valence-electron chi connectivity index (χ1n) is 8.79. The van der Waals surface area contributed by atoms with Gasteiger partial charge in [0.1, 0.15) is 16.7 Å². The number of hydrogen-bond donors (Lipinski definition) is 3. The lowest BCUT2D eigenvalue weighted by Crippen LogP contribution is -2.19. The molecule has 1 aromatic carbocycles. The van der Waals surface area contributed by atoms with Crippen LogP contribution in [0.4, 0.5) is 5.69 Å². The molecule has 28 heavy (non-hydrogen) atoms. The summed E-state index contributed by atoms with van der Waals surface area (Å²) in [6.07, 6.45) is 4.48.